The Labute approximate surface area is 121 Å². The minimum Gasteiger partial charge on any atom is -0.481 e. The predicted molar refractivity (Wildman–Crippen MR) is 76.6 cm³/mol. The maximum absolute atomic E-state index is 11.3. The van der Waals surface area contributed by atoms with Gasteiger partial charge in [-0.3, -0.25) is 9.59 Å². The van der Waals surface area contributed by atoms with E-state index in [1.165, 1.54) is 6.92 Å². The van der Waals surface area contributed by atoms with E-state index in [0.29, 0.717) is 32.3 Å². The van der Waals surface area contributed by atoms with Gasteiger partial charge < -0.3 is 19.4 Å². The number of rotatable bonds is 11. The number of carbonyl (C=O) groups excluding carboxylic acids is 2. The molecular formula is C14H28O6. The number of aliphatic carboxylic acids is 1. The second-order valence-corrected chi connectivity index (χ2v) is 4.41. The van der Waals surface area contributed by atoms with Crippen molar-refractivity contribution in [2.75, 3.05) is 20.3 Å². The zero-order chi connectivity index (χ0) is 14.7. The van der Waals surface area contributed by atoms with Gasteiger partial charge in [0.1, 0.15) is 12.4 Å². The van der Waals surface area contributed by atoms with Crippen molar-refractivity contribution in [3.8, 4) is 0 Å². The molecule has 0 aromatic rings. The highest BCUT2D eigenvalue weighted by atomic mass is 16.5. The lowest BCUT2D eigenvalue weighted by Gasteiger charge is -2.12. The van der Waals surface area contributed by atoms with Crippen molar-refractivity contribution in [2.24, 2.45) is 5.92 Å². The lowest BCUT2D eigenvalue weighted by atomic mass is 10.0. The SMILES string of the molecule is C.COCCCC(=O)OCC(CCCC(C)=O)C(=O)O.[2HH]. The molecule has 120 valence electrons. The molecule has 0 aliphatic rings. The first-order valence-corrected chi connectivity index (χ1v) is 6.34. The number of carboxylic acids is 1. The van der Waals surface area contributed by atoms with Gasteiger partial charge in [0.15, 0.2) is 0 Å². The van der Waals surface area contributed by atoms with Crippen molar-refractivity contribution in [3.05, 3.63) is 0 Å². The van der Waals surface area contributed by atoms with Crippen LogP contribution >= 0.6 is 0 Å². The average Bonchev–Trinajstić information content (AvgIpc) is 2.33. The van der Waals surface area contributed by atoms with Crippen molar-refractivity contribution < 1.29 is 30.4 Å². The number of esters is 1. The third-order valence-corrected chi connectivity index (χ3v) is 2.61. The van der Waals surface area contributed by atoms with E-state index in [1.54, 1.807) is 7.11 Å². The third-order valence-electron chi connectivity index (χ3n) is 2.61. The summed E-state index contributed by atoms with van der Waals surface area (Å²) >= 11 is 0. The van der Waals surface area contributed by atoms with E-state index >= 15 is 0 Å². The molecule has 0 saturated carbocycles. The van der Waals surface area contributed by atoms with Crippen molar-refractivity contribution >= 4 is 17.7 Å². The summed E-state index contributed by atoms with van der Waals surface area (Å²) in [5.74, 6) is -2.14. The quantitative estimate of drug-likeness (QED) is 0.464. The molecule has 0 spiro atoms. The first-order chi connectivity index (χ1) is 8.97. The summed E-state index contributed by atoms with van der Waals surface area (Å²) in [6, 6.07) is 0. The normalized spacial score (nSPS) is 11.3. The Morgan fingerprint density at radius 2 is 1.85 bits per heavy atom. The number of Topliss-reactive ketones (excluding diaryl/α,β-unsaturated/α-hetero) is 1. The van der Waals surface area contributed by atoms with Crippen LogP contribution in [-0.2, 0) is 23.9 Å². The Bertz CT molecular complexity index is 306. The maximum Gasteiger partial charge on any atom is 0.309 e. The van der Waals surface area contributed by atoms with Gasteiger partial charge in [0.05, 0.1) is 5.92 Å². The van der Waals surface area contributed by atoms with Crippen LogP contribution in [0.2, 0.25) is 0 Å². The van der Waals surface area contributed by atoms with Crippen LogP contribution in [0.4, 0.5) is 0 Å². The number of hydrogen-bond donors (Lipinski definition) is 1. The molecule has 0 bridgehead atoms. The molecule has 0 radical (unpaired) electrons. The third kappa shape index (κ3) is 11.6. The molecule has 20 heavy (non-hydrogen) atoms. The van der Waals surface area contributed by atoms with Gasteiger partial charge in [-0.2, -0.15) is 0 Å². The van der Waals surface area contributed by atoms with Gasteiger partial charge in [-0.05, 0) is 26.2 Å². The number of carboxylic acid groups (broad SMARTS) is 1. The van der Waals surface area contributed by atoms with Crippen LogP contribution in [-0.4, -0.2) is 43.2 Å². The molecule has 0 aromatic carbocycles. The molecule has 1 N–H and O–H groups in total. The van der Waals surface area contributed by atoms with E-state index < -0.39 is 17.9 Å². The fraction of sp³-hybridized carbons (Fsp3) is 0.786. The second kappa shape index (κ2) is 12.6. The number of carbonyl (C=O) groups is 3. The van der Waals surface area contributed by atoms with Crippen molar-refractivity contribution in [2.45, 2.75) is 46.5 Å². The minimum atomic E-state index is -1.01. The van der Waals surface area contributed by atoms with E-state index in [2.05, 4.69) is 0 Å². The van der Waals surface area contributed by atoms with Gasteiger partial charge in [-0.1, -0.05) is 7.43 Å². The molecule has 0 aliphatic carbocycles. The summed E-state index contributed by atoms with van der Waals surface area (Å²) in [5, 5.41) is 8.97. The monoisotopic (exact) mass is 293 g/mol. The van der Waals surface area contributed by atoms with E-state index in [0.717, 1.165) is 0 Å². The topological polar surface area (TPSA) is 89.9 Å². The Hall–Kier alpha value is -1.43. The van der Waals surface area contributed by atoms with Crippen molar-refractivity contribution in [3.63, 3.8) is 0 Å². The fourth-order valence-corrected chi connectivity index (χ4v) is 1.50. The van der Waals surface area contributed by atoms with Gasteiger partial charge in [-0.25, -0.2) is 0 Å². The molecule has 0 rings (SSSR count). The second-order valence-electron chi connectivity index (χ2n) is 4.41. The Balaban J connectivity index is -0.00000162. The highest BCUT2D eigenvalue weighted by Gasteiger charge is 2.19. The lowest BCUT2D eigenvalue weighted by Crippen LogP contribution is -2.22. The van der Waals surface area contributed by atoms with Crippen LogP contribution in [0.1, 0.15) is 47.9 Å². The number of ether oxygens (including phenoxy) is 2. The smallest absolute Gasteiger partial charge is 0.309 e. The van der Waals surface area contributed by atoms with E-state index in [9.17, 15) is 14.4 Å². The zero-order valence-electron chi connectivity index (χ0n) is 11.5. The first kappa shape index (κ1) is 20.9. The predicted octanol–water partition coefficient (Wildman–Crippen LogP) is 2.30. The van der Waals surface area contributed by atoms with Crippen molar-refractivity contribution in [1.29, 1.82) is 0 Å². The largest absolute Gasteiger partial charge is 0.481 e. The summed E-state index contributed by atoms with van der Waals surface area (Å²) in [7, 11) is 1.54. The molecule has 1 unspecified atom stereocenters. The summed E-state index contributed by atoms with van der Waals surface area (Å²) in [4.78, 5) is 33.0. The average molecular weight is 293 g/mol. The Morgan fingerprint density at radius 3 is 2.35 bits per heavy atom. The summed E-state index contributed by atoms with van der Waals surface area (Å²) in [6.07, 6.45) is 1.95. The van der Waals surface area contributed by atoms with Crippen LogP contribution in [0.15, 0.2) is 0 Å². The van der Waals surface area contributed by atoms with Crippen LogP contribution < -0.4 is 0 Å². The van der Waals surface area contributed by atoms with E-state index in [1.807, 2.05) is 0 Å². The summed E-state index contributed by atoms with van der Waals surface area (Å²) < 4.78 is 9.71. The molecule has 1 atom stereocenters. The highest BCUT2D eigenvalue weighted by Crippen LogP contribution is 2.10. The first-order valence-electron chi connectivity index (χ1n) is 6.34. The standard InChI is InChI=1S/C13H22O6.CH4.H2/c1-10(14)5-3-6-11(13(16)17)9-19-12(15)7-4-8-18-2;;/h11H,3-9H2,1-2H3,(H,16,17);1H4;1H/i;;1+1. The van der Waals surface area contributed by atoms with Gasteiger partial charge in [0.2, 0.25) is 0 Å². The van der Waals surface area contributed by atoms with E-state index in [4.69, 9.17) is 14.6 Å². The van der Waals surface area contributed by atoms with Crippen LogP contribution in [0.25, 0.3) is 0 Å². The molecule has 0 saturated heterocycles. The van der Waals surface area contributed by atoms with Gasteiger partial charge in [-0.15, -0.1) is 0 Å². The Kier molecular flexibility index (Phi) is 13.1. The molecule has 0 heterocycles. The van der Waals surface area contributed by atoms with Crippen molar-refractivity contribution in [1.82, 2.24) is 0 Å². The molecule has 0 aromatic heterocycles. The Morgan fingerprint density at radius 1 is 1.20 bits per heavy atom. The molecular weight excluding hydrogens is 264 g/mol. The molecule has 0 amide bonds. The van der Waals surface area contributed by atoms with E-state index in [-0.39, 0.29) is 27.7 Å². The molecule has 6 nitrogen and oxygen atoms in total. The summed E-state index contributed by atoms with van der Waals surface area (Å²) in [6.45, 7) is 1.79. The van der Waals surface area contributed by atoms with Gasteiger partial charge in [0, 0.05) is 28.0 Å². The summed E-state index contributed by atoms with van der Waals surface area (Å²) in [5.41, 5.74) is 0. The molecule has 6 heteroatoms. The number of hydrogen-bond acceptors (Lipinski definition) is 5. The fourth-order valence-electron chi connectivity index (χ4n) is 1.50. The molecule has 0 fully saturated rings. The van der Waals surface area contributed by atoms with Crippen LogP contribution in [0, 0.1) is 5.92 Å². The minimum absolute atomic E-state index is 0. The maximum atomic E-state index is 11.3. The van der Waals surface area contributed by atoms with Crippen LogP contribution in [0.3, 0.4) is 0 Å². The number of methoxy groups -OCH3 is 1. The molecule has 0 aliphatic heterocycles. The highest BCUT2D eigenvalue weighted by molar-refractivity contribution is 5.75. The van der Waals surface area contributed by atoms with Crippen LogP contribution in [0.5, 0.6) is 0 Å². The number of ketones is 1. The van der Waals surface area contributed by atoms with Gasteiger partial charge in [0.25, 0.3) is 0 Å². The lowest BCUT2D eigenvalue weighted by molar-refractivity contribution is -0.151. The van der Waals surface area contributed by atoms with Gasteiger partial charge >= 0.3 is 11.9 Å². The zero-order valence-corrected chi connectivity index (χ0v) is 11.5.